The molecule has 8 heteroatoms. The Hall–Kier alpha value is -2.87. The number of nitrogens with zero attached hydrogens (tertiary/aromatic N) is 4. The van der Waals surface area contributed by atoms with Crippen LogP contribution in [0.1, 0.15) is 41.9 Å². The maximum atomic E-state index is 13.2. The van der Waals surface area contributed by atoms with Crippen LogP contribution in [0, 0.1) is 12.7 Å². The van der Waals surface area contributed by atoms with Crippen molar-refractivity contribution >= 4 is 17.6 Å². The van der Waals surface area contributed by atoms with Crippen molar-refractivity contribution in [2.24, 2.45) is 0 Å². The van der Waals surface area contributed by atoms with Crippen molar-refractivity contribution < 1.29 is 18.7 Å². The molecule has 0 aliphatic carbocycles. The summed E-state index contributed by atoms with van der Waals surface area (Å²) in [5.41, 5.74) is 2.57. The minimum absolute atomic E-state index is 0.0281. The standard InChI is InChI=1S/C22H25FN4O3/c1-14-17-9-10-20(28)27(12-15-5-7-16(23)8-6-15)21(17)25-19(24-14)13-26(2)22(29)18-4-3-11-30-18/h5-8,18H,3-4,9-13H2,1-2H3/t18-/m1/s1. The Morgan fingerprint density at radius 2 is 2.03 bits per heavy atom. The van der Waals surface area contributed by atoms with Crippen LogP contribution in [-0.4, -0.2) is 46.4 Å². The van der Waals surface area contributed by atoms with Crippen LogP contribution in [0.15, 0.2) is 24.3 Å². The third-order valence-electron chi connectivity index (χ3n) is 5.60. The number of hydrogen-bond acceptors (Lipinski definition) is 5. The number of aryl methyl sites for hydroxylation is 1. The third kappa shape index (κ3) is 4.18. The van der Waals surface area contributed by atoms with Gasteiger partial charge in [-0.3, -0.25) is 14.5 Å². The molecule has 0 unspecified atom stereocenters. The van der Waals surface area contributed by atoms with Gasteiger partial charge in [-0.15, -0.1) is 0 Å². The van der Waals surface area contributed by atoms with Crippen LogP contribution < -0.4 is 4.90 Å². The van der Waals surface area contributed by atoms with Crippen molar-refractivity contribution in [1.82, 2.24) is 14.9 Å². The lowest BCUT2D eigenvalue weighted by atomic mass is 10.0. The van der Waals surface area contributed by atoms with E-state index >= 15 is 0 Å². The molecule has 1 atom stereocenters. The van der Waals surface area contributed by atoms with Gasteiger partial charge in [0.15, 0.2) is 0 Å². The van der Waals surface area contributed by atoms with E-state index in [-0.39, 0.29) is 24.2 Å². The molecular weight excluding hydrogens is 387 g/mol. The Labute approximate surface area is 174 Å². The highest BCUT2D eigenvalue weighted by atomic mass is 19.1. The smallest absolute Gasteiger partial charge is 0.251 e. The lowest BCUT2D eigenvalue weighted by Crippen LogP contribution is -2.38. The molecule has 4 rings (SSSR count). The molecule has 2 aliphatic rings. The molecule has 2 aliphatic heterocycles. The zero-order chi connectivity index (χ0) is 21.3. The molecule has 0 bridgehead atoms. The maximum Gasteiger partial charge on any atom is 0.251 e. The van der Waals surface area contributed by atoms with Crippen LogP contribution >= 0.6 is 0 Å². The second-order valence-electron chi connectivity index (χ2n) is 7.83. The van der Waals surface area contributed by atoms with Crippen molar-refractivity contribution in [2.45, 2.75) is 51.8 Å². The molecule has 7 nitrogen and oxygen atoms in total. The van der Waals surface area contributed by atoms with Crippen molar-refractivity contribution in [1.29, 1.82) is 0 Å². The van der Waals surface area contributed by atoms with Crippen LogP contribution in [0.5, 0.6) is 0 Å². The third-order valence-corrected chi connectivity index (χ3v) is 5.60. The largest absolute Gasteiger partial charge is 0.368 e. The molecule has 1 aromatic heterocycles. The number of likely N-dealkylation sites (N-methyl/N-ethyl adjacent to an activating group) is 1. The summed E-state index contributed by atoms with van der Waals surface area (Å²) in [6.45, 7) is 3.06. The van der Waals surface area contributed by atoms with Crippen LogP contribution in [-0.2, 0) is 33.8 Å². The van der Waals surface area contributed by atoms with Gasteiger partial charge in [-0.05, 0) is 43.9 Å². The average Bonchev–Trinajstić information content (AvgIpc) is 3.26. The first-order valence-corrected chi connectivity index (χ1v) is 10.2. The Kier molecular flexibility index (Phi) is 5.76. The number of fused-ring (bicyclic) bond motifs is 1. The fourth-order valence-electron chi connectivity index (χ4n) is 3.95. The van der Waals surface area contributed by atoms with Gasteiger partial charge in [-0.1, -0.05) is 12.1 Å². The molecule has 0 radical (unpaired) electrons. The zero-order valence-corrected chi connectivity index (χ0v) is 17.2. The molecule has 0 spiro atoms. The van der Waals surface area contributed by atoms with E-state index in [1.54, 1.807) is 29.0 Å². The van der Waals surface area contributed by atoms with Gasteiger partial charge in [0.05, 0.1) is 13.1 Å². The summed E-state index contributed by atoms with van der Waals surface area (Å²) in [7, 11) is 1.71. The highest BCUT2D eigenvalue weighted by Crippen LogP contribution is 2.29. The second kappa shape index (κ2) is 8.47. The number of amides is 2. The normalized spacial score (nSPS) is 18.4. The number of aromatic nitrogens is 2. The fraction of sp³-hybridized carbons (Fsp3) is 0.455. The predicted octanol–water partition coefficient (Wildman–Crippen LogP) is 2.54. The number of ether oxygens (including phenoxy) is 1. The summed E-state index contributed by atoms with van der Waals surface area (Å²) in [5, 5.41) is 0. The molecule has 30 heavy (non-hydrogen) atoms. The van der Waals surface area contributed by atoms with E-state index in [0.29, 0.717) is 37.6 Å². The van der Waals surface area contributed by atoms with Crippen LogP contribution in [0.2, 0.25) is 0 Å². The number of carbonyl (C=O) groups excluding carboxylic acids is 2. The van der Waals surface area contributed by atoms with Gasteiger partial charge in [0, 0.05) is 31.3 Å². The maximum absolute atomic E-state index is 13.2. The molecule has 2 aromatic rings. The molecular formula is C22H25FN4O3. The first kappa shape index (κ1) is 20.4. The van der Waals surface area contributed by atoms with Gasteiger partial charge < -0.3 is 9.64 Å². The quantitative estimate of drug-likeness (QED) is 0.755. The Bertz CT molecular complexity index is 958. The first-order chi connectivity index (χ1) is 14.4. The molecule has 158 valence electrons. The molecule has 0 saturated carbocycles. The van der Waals surface area contributed by atoms with Crippen LogP contribution in [0.3, 0.4) is 0 Å². The first-order valence-electron chi connectivity index (χ1n) is 10.2. The summed E-state index contributed by atoms with van der Waals surface area (Å²) in [6.07, 6.45) is 2.19. The summed E-state index contributed by atoms with van der Waals surface area (Å²) in [6, 6.07) is 6.10. The zero-order valence-electron chi connectivity index (χ0n) is 17.2. The second-order valence-corrected chi connectivity index (χ2v) is 7.83. The molecule has 2 amide bonds. The van der Waals surface area contributed by atoms with Gasteiger partial charge >= 0.3 is 0 Å². The number of carbonyl (C=O) groups is 2. The van der Waals surface area contributed by atoms with E-state index in [9.17, 15) is 14.0 Å². The lowest BCUT2D eigenvalue weighted by Gasteiger charge is -2.30. The van der Waals surface area contributed by atoms with Gasteiger partial charge in [0.25, 0.3) is 5.91 Å². The molecule has 1 saturated heterocycles. The Morgan fingerprint density at radius 3 is 2.73 bits per heavy atom. The van der Waals surface area contributed by atoms with E-state index in [4.69, 9.17) is 4.74 Å². The molecule has 1 aromatic carbocycles. The van der Waals surface area contributed by atoms with Crippen molar-refractivity contribution in [2.75, 3.05) is 18.6 Å². The lowest BCUT2D eigenvalue weighted by molar-refractivity contribution is -0.140. The number of rotatable bonds is 5. The van der Waals surface area contributed by atoms with Crippen molar-refractivity contribution in [3.05, 3.63) is 52.7 Å². The van der Waals surface area contributed by atoms with Gasteiger partial charge in [-0.2, -0.15) is 0 Å². The fourth-order valence-corrected chi connectivity index (χ4v) is 3.95. The van der Waals surface area contributed by atoms with Gasteiger partial charge in [-0.25, -0.2) is 14.4 Å². The Morgan fingerprint density at radius 1 is 1.27 bits per heavy atom. The van der Waals surface area contributed by atoms with E-state index in [2.05, 4.69) is 9.97 Å². The van der Waals surface area contributed by atoms with E-state index in [0.717, 1.165) is 29.7 Å². The summed E-state index contributed by atoms with van der Waals surface area (Å²) < 4.78 is 18.7. The number of benzene rings is 1. The molecule has 0 N–H and O–H groups in total. The number of hydrogen-bond donors (Lipinski definition) is 0. The highest BCUT2D eigenvalue weighted by molar-refractivity contribution is 5.95. The highest BCUT2D eigenvalue weighted by Gasteiger charge is 2.30. The monoisotopic (exact) mass is 412 g/mol. The summed E-state index contributed by atoms with van der Waals surface area (Å²) in [4.78, 5) is 37.7. The van der Waals surface area contributed by atoms with E-state index < -0.39 is 6.10 Å². The minimum Gasteiger partial charge on any atom is -0.368 e. The number of anilines is 1. The number of halogens is 1. The topological polar surface area (TPSA) is 75.6 Å². The minimum atomic E-state index is -0.398. The van der Waals surface area contributed by atoms with Gasteiger partial charge in [0.2, 0.25) is 5.91 Å². The SMILES string of the molecule is Cc1nc(CN(C)C(=O)[C@H]2CCCO2)nc2c1CCC(=O)N2Cc1ccc(F)cc1. The molecule has 3 heterocycles. The Balaban J connectivity index is 1.58. The van der Waals surface area contributed by atoms with Crippen molar-refractivity contribution in [3.63, 3.8) is 0 Å². The summed E-state index contributed by atoms with van der Waals surface area (Å²) in [5.74, 6) is 0.642. The predicted molar refractivity (Wildman–Crippen MR) is 108 cm³/mol. The van der Waals surface area contributed by atoms with Crippen LogP contribution in [0.4, 0.5) is 10.2 Å². The van der Waals surface area contributed by atoms with Crippen LogP contribution in [0.25, 0.3) is 0 Å². The van der Waals surface area contributed by atoms with E-state index in [1.165, 1.54) is 12.1 Å². The van der Waals surface area contributed by atoms with Gasteiger partial charge in [0.1, 0.15) is 23.6 Å². The average molecular weight is 412 g/mol. The summed E-state index contributed by atoms with van der Waals surface area (Å²) >= 11 is 0. The molecule has 1 fully saturated rings. The van der Waals surface area contributed by atoms with Crippen molar-refractivity contribution in [3.8, 4) is 0 Å². The van der Waals surface area contributed by atoms with E-state index in [1.807, 2.05) is 6.92 Å².